The molecule has 0 atom stereocenters. The summed E-state index contributed by atoms with van der Waals surface area (Å²) in [4.78, 5) is 0. The number of piperidine rings is 1. The molecule has 1 aromatic carbocycles. The van der Waals surface area contributed by atoms with Crippen LogP contribution in [-0.2, 0) is 0 Å². The van der Waals surface area contributed by atoms with Crippen molar-refractivity contribution in [3.8, 4) is 5.75 Å². The fourth-order valence-electron chi connectivity index (χ4n) is 2.04. The third kappa shape index (κ3) is 4.21. The van der Waals surface area contributed by atoms with Crippen LogP contribution in [0.3, 0.4) is 0 Å². The Morgan fingerprint density at radius 3 is 2.24 bits per heavy atom. The van der Waals surface area contributed by atoms with Crippen molar-refractivity contribution in [3.05, 3.63) is 29.8 Å². The predicted molar refractivity (Wildman–Crippen MR) is 74.3 cm³/mol. The van der Waals surface area contributed by atoms with Crippen LogP contribution in [0, 0.1) is 0 Å². The summed E-state index contributed by atoms with van der Waals surface area (Å²) in [5, 5.41) is 3.34. The fraction of sp³-hybridized carbons (Fsp3) is 0.571. The zero-order chi connectivity index (χ0) is 11.4. The molecule has 0 unspecified atom stereocenters. The van der Waals surface area contributed by atoms with Crippen molar-refractivity contribution >= 4 is 12.4 Å². The van der Waals surface area contributed by atoms with E-state index < -0.39 is 0 Å². The summed E-state index contributed by atoms with van der Waals surface area (Å²) in [7, 11) is 0. The van der Waals surface area contributed by atoms with Crippen LogP contribution in [0.4, 0.5) is 0 Å². The second-order valence-corrected chi connectivity index (χ2v) is 4.79. The van der Waals surface area contributed by atoms with Crippen molar-refractivity contribution in [2.45, 2.75) is 38.7 Å². The first-order valence-corrected chi connectivity index (χ1v) is 6.23. The maximum absolute atomic E-state index is 5.95. The van der Waals surface area contributed by atoms with Crippen molar-refractivity contribution in [2.75, 3.05) is 13.1 Å². The van der Waals surface area contributed by atoms with Gasteiger partial charge in [0.25, 0.3) is 0 Å². The van der Waals surface area contributed by atoms with E-state index >= 15 is 0 Å². The number of nitrogens with one attached hydrogen (secondary N) is 1. The Morgan fingerprint density at radius 2 is 1.71 bits per heavy atom. The van der Waals surface area contributed by atoms with Gasteiger partial charge < -0.3 is 10.1 Å². The molecule has 0 aromatic heterocycles. The molecule has 17 heavy (non-hydrogen) atoms. The van der Waals surface area contributed by atoms with E-state index in [1.807, 2.05) is 0 Å². The van der Waals surface area contributed by atoms with E-state index in [4.69, 9.17) is 4.74 Å². The van der Waals surface area contributed by atoms with E-state index in [0.717, 1.165) is 31.7 Å². The lowest BCUT2D eigenvalue weighted by molar-refractivity contribution is 0.162. The minimum atomic E-state index is 0. The van der Waals surface area contributed by atoms with Crippen molar-refractivity contribution in [2.24, 2.45) is 0 Å². The van der Waals surface area contributed by atoms with E-state index in [1.165, 1.54) is 5.56 Å². The van der Waals surface area contributed by atoms with Crippen LogP contribution in [0.15, 0.2) is 24.3 Å². The number of halogens is 1. The van der Waals surface area contributed by atoms with Gasteiger partial charge in [-0.1, -0.05) is 26.0 Å². The second kappa shape index (κ2) is 6.87. The zero-order valence-corrected chi connectivity index (χ0v) is 11.4. The van der Waals surface area contributed by atoms with E-state index in [2.05, 4.69) is 43.4 Å². The van der Waals surface area contributed by atoms with Gasteiger partial charge in [0.15, 0.2) is 0 Å². The average Bonchev–Trinajstić information content (AvgIpc) is 2.31. The first-order valence-electron chi connectivity index (χ1n) is 6.23. The molecule has 0 aliphatic carbocycles. The molecule has 1 aliphatic heterocycles. The molecule has 1 fully saturated rings. The maximum Gasteiger partial charge on any atom is 0.119 e. The maximum atomic E-state index is 5.95. The normalized spacial score (nSPS) is 16.6. The summed E-state index contributed by atoms with van der Waals surface area (Å²) < 4.78 is 5.95. The van der Waals surface area contributed by atoms with Gasteiger partial charge in [-0.25, -0.2) is 0 Å². The standard InChI is InChI=1S/C14H21NO.ClH/c1-11(2)12-3-5-13(6-4-12)16-14-7-9-15-10-8-14;/h3-6,11,14-15H,7-10H2,1-2H3;1H. The monoisotopic (exact) mass is 255 g/mol. The summed E-state index contributed by atoms with van der Waals surface area (Å²) in [5.74, 6) is 1.60. The molecule has 0 radical (unpaired) electrons. The molecule has 0 saturated carbocycles. The lowest BCUT2D eigenvalue weighted by Crippen LogP contribution is -2.34. The summed E-state index contributed by atoms with van der Waals surface area (Å²) >= 11 is 0. The fourth-order valence-corrected chi connectivity index (χ4v) is 2.04. The highest BCUT2D eigenvalue weighted by Crippen LogP contribution is 2.21. The highest BCUT2D eigenvalue weighted by Gasteiger charge is 2.14. The van der Waals surface area contributed by atoms with Crippen LogP contribution in [0.2, 0.25) is 0 Å². The molecule has 96 valence electrons. The molecule has 1 saturated heterocycles. The molecule has 0 amide bonds. The topological polar surface area (TPSA) is 21.3 Å². The van der Waals surface area contributed by atoms with E-state index in [-0.39, 0.29) is 12.4 Å². The molecular formula is C14H22ClNO. The molecule has 0 bridgehead atoms. The average molecular weight is 256 g/mol. The lowest BCUT2D eigenvalue weighted by Gasteiger charge is -2.24. The highest BCUT2D eigenvalue weighted by atomic mass is 35.5. The molecular weight excluding hydrogens is 234 g/mol. The van der Waals surface area contributed by atoms with Crippen LogP contribution >= 0.6 is 12.4 Å². The first-order chi connectivity index (χ1) is 7.75. The molecule has 2 nitrogen and oxygen atoms in total. The van der Waals surface area contributed by atoms with Crippen LogP contribution in [0.25, 0.3) is 0 Å². The van der Waals surface area contributed by atoms with Crippen molar-refractivity contribution in [3.63, 3.8) is 0 Å². The van der Waals surface area contributed by atoms with Gasteiger partial charge in [0.2, 0.25) is 0 Å². The molecule has 1 aliphatic rings. The Bertz CT molecular complexity index is 317. The summed E-state index contributed by atoms with van der Waals surface area (Å²) in [5.41, 5.74) is 1.37. The number of rotatable bonds is 3. The van der Waals surface area contributed by atoms with Crippen LogP contribution in [-0.4, -0.2) is 19.2 Å². The van der Waals surface area contributed by atoms with Crippen LogP contribution < -0.4 is 10.1 Å². The molecule has 1 N–H and O–H groups in total. The number of hydrogen-bond donors (Lipinski definition) is 1. The number of ether oxygens (including phenoxy) is 1. The Balaban J connectivity index is 0.00000144. The van der Waals surface area contributed by atoms with Crippen molar-refractivity contribution in [1.29, 1.82) is 0 Å². The quantitative estimate of drug-likeness (QED) is 0.894. The van der Waals surface area contributed by atoms with Crippen molar-refractivity contribution in [1.82, 2.24) is 5.32 Å². The van der Waals surface area contributed by atoms with Gasteiger partial charge >= 0.3 is 0 Å². The van der Waals surface area contributed by atoms with Gasteiger partial charge in [0, 0.05) is 0 Å². The lowest BCUT2D eigenvalue weighted by atomic mass is 10.0. The number of hydrogen-bond acceptors (Lipinski definition) is 2. The van der Waals surface area contributed by atoms with Gasteiger partial charge in [0.1, 0.15) is 11.9 Å². The van der Waals surface area contributed by atoms with Gasteiger partial charge in [-0.3, -0.25) is 0 Å². The highest BCUT2D eigenvalue weighted by molar-refractivity contribution is 5.85. The Labute approximate surface area is 110 Å². The zero-order valence-electron chi connectivity index (χ0n) is 10.6. The third-order valence-corrected chi connectivity index (χ3v) is 3.14. The minimum absolute atomic E-state index is 0. The molecule has 1 heterocycles. The molecule has 2 rings (SSSR count). The minimum Gasteiger partial charge on any atom is -0.490 e. The van der Waals surface area contributed by atoms with E-state index in [9.17, 15) is 0 Å². The molecule has 0 spiro atoms. The first kappa shape index (κ1) is 14.3. The molecule has 1 aromatic rings. The second-order valence-electron chi connectivity index (χ2n) is 4.79. The van der Waals surface area contributed by atoms with Gasteiger partial charge in [-0.2, -0.15) is 0 Å². The predicted octanol–water partition coefficient (Wildman–Crippen LogP) is 3.36. The largest absolute Gasteiger partial charge is 0.490 e. The SMILES string of the molecule is CC(C)c1ccc(OC2CCNCC2)cc1.Cl. The van der Waals surface area contributed by atoms with Crippen molar-refractivity contribution < 1.29 is 4.74 Å². The Kier molecular flexibility index (Phi) is 5.79. The van der Waals surface area contributed by atoms with Gasteiger partial charge in [-0.05, 0) is 49.5 Å². The van der Waals surface area contributed by atoms with Gasteiger partial charge in [-0.15, -0.1) is 12.4 Å². The Hall–Kier alpha value is -0.730. The smallest absolute Gasteiger partial charge is 0.119 e. The molecule has 3 heteroatoms. The third-order valence-electron chi connectivity index (χ3n) is 3.14. The summed E-state index contributed by atoms with van der Waals surface area (Å²) in [6, 6.07) is 8.52. The summed E-state index contributed by atoms with van der Waals surface area (Å²) in [6.07, 6.45) is 2.63. The number of benzene rings is 1. The van der Waals surface area contributed by atoms with E-state index in [0.29, 0.717) is 12.0 Å². The van der Waals surface area contributed by atoms with E-state index in [1.54, 1.807) is 0 Å². The van der Waals surface area contributed by atoms with Crippen LogP contribution in [0.1, 0.15) is 38.2 Å². The van der Waals surface area contributed by atoms with Gasteiger partial charge in [0.05, 0.1) is 0 Å². The summed E-state index contributed by atoms with van der Waals surface area (Å²) in [6.45, 7) is 6.58. The van der Waals surface area contributed by atoms with Crippen LogP contribution in [0.5, 0.6) is 5.75 Å². The Morgan fingerprint density at radius 1 is 1.12 bits per heavy atom.